The van der Waals surface area contributed by atoms with Crippen molar-refractivity contribution in [2.45, 2.75) is 19.8 Å². The zero-order valence-corrected chi connectivity index (χ0v) is 12.4. The molecule has 2 rings (SSSR count). The summed E-state index contributed by atoms with van der Waals surface area (Å²) in [6.45, 7) is 3.87. The fourth-order valence-corrected chi connectivity index (χ4v) is 1.73. The van der Waals surface area contributed by atoms with Gasteiger partial charge in [-0.05, 0) is 18.1 Å². The Kier molecular flexibility index (Phi) is 4.95. The minimum Gasteiger partial charge on any atom is -0.291 e. The first-order chi connectivity index (χ1) is 10.9. The van der Waals surface area contributed by atoms with Crippen LogP contribution in [0, 0.1) is 11.6 Å². The molecule has 6 nitrogen and oxygen atoms in total. The van der Waals surface area contributed by atoms with Crippen LogP contribution in [0.5, 0.6) is 0 Å². The molecule has 2 N–H and O–H groups in total. The van der Waals surface area contributed by atoms with Gasteiger partial charge in [0.05, 0.1) is 18.1 Å². The van der Waals surface area contributed by atoms with E-state index in [2.05, 4.69) is 15.3 Å². The van der Waals surface area contributed by atoms with Gasteiger partial charge in [-0.2, -0.15) is 0 Å². The molecule has 0 atom stereocenters. The molecule has 0 saturated carbocycles. The van der Waals surface area contributed by atoms with Gasteiger partial charge < -0.3 is 0 Å². The summed E-state index contributed by atoms with van der Waals surface area (Å²) in [6, 6.07) is 2.00. The van der Waals surface area contributed by atoms with Gasteiger partial charge >= 0.3 is 6.03 Å². The lowest BCUT2D eigenvalue weighted by Gasteiger charge is -2.08. The monoisotopic (exact) mass is 320 g/mol. The van der Waals surface area contributed by atoms with Crippen molar-refractivity contribution in [2.24, 2.45) is 0 Å². The average Bonchev–Trinajstić information content (AvgIpc) is 2.47. The molecule has 8 heteroatoms. The number of carbonyl (C=O) groups is 2. The zero-order valence-electron chi connectivity index (χ0n) is 12.4. The predicted octanol–water partition coefficient (Wildman–Crippen LogP) is 2.84. The van der Waals surface area contributed by atoms with Crippen molar-refractivity contribution >= 4 is 17.8 Å². The Morgan fingerprint density at radius 1 is 1.09 bits per heavy atom. The van der Waals surface area contributed by atoms with Gasteiger partial charge in [-0.1, -0.05) is 19.9 Å². The standard InChI is InChI=1S/C15H14F2N4O2/c1-8(2)11-6-19-12(7-18-11)20-15(23)21-14(22)13-9(16)4-3-5-10(13)17/h3-8H,1-2H3,(H2,19,20,21,22,23). The molecular formula is C15H14F2N4O2. The number of amides is 3. The predicted molar refractivity (Wildman–Crippen MR) is 79.0 cm³/mol. The van der Waals surface area contributed by atoms with Gasteiger partial charge in [0.15, 0.2) is 5.82 Å². The van der Waals surface area contributed by atoms with Crippen molar-refractivity contribution < 1.29 is 18.4 Å². The van der Waals surface area contributed by atoms with E-state index in [-0.39, 0.29) is 11.7 Å². The zero-order chi connectivity index (χ0) is 17.0. The van der Waals surface area contributed by atoms with Gasteiger partial charge in [0, 0.05) is 0 Å². The second kappa shape index (κ2) is 6.91. The molecule has 0 aliphatic rings. The number of rotatable bonds is 3. The number of aromatic nitrogens is 2. The Bertz CT molecular complexity index is 713. The summed E-state index contributed by atoms with van der Waals surface area (Å²) in [7, 11) is 0. The molecule has 0 radical (unpaired) electrons. The number of imide groups is 1. The number of benzene rings is 1. The maximum atomic E-state index is 13.4. The summed E-state index contributed by atoms with van der Waals surface area (Å²) < 4.78 is 26.9. The molecule has 0 spiro atoms. The van der Waals surface area contributed by atoms with E-state index in [0.717, 1.165) is 23.9 Å². The molecule has 0 bridgehead atoms. The van der Waals surface area contributed by atoms with Crippen LogP contribution < -0.4 is 10.6 Å². The van der Waals surface area contributed by atoms with Crippen LogP contribution >= 0.6 is 0 Å². The quantitative estimate of drug-likeness (QED) is 0.911. The van der Waals surface area contributed by atoms with E-state index in [1.165, 1.54) is 12.4 Å². The van der Waals surface area contributed by atoms with Gasteiger partial charge in [-0.15, -0.1) is 0 Å². The highest BCUT2D eigenvalue weighted by atomic mass is 19.1. The number of carbonyl (C=O) groups excluding carboxylic acids is 2. The number of anilines is 1. The number of nitrogens with zero attached hydrogens (tertiary/aromatic N) is 2. The number of urea groups is 1. The first-order valence-corrected chi connectivity index (χ1v) is 6.76. The molecule has 1 aromatic carbocycles. The minimum absolute atomic E-state index is 0.105. The second-order valence-corrected chi connectivity index (χ2v) is 4.99. The average molecular weight is 320 g/mol. The van der Waals surface area contributed by atoms with Crippen LogP contribution in [0.15, 0.2) is 30.6 Å². The minimum atomic E-state index is -1.19. The molecule has 0 aliphatic heterocycles. The first-order valence-electron chi connectivity index (χ1n) is 6.76. The lowest BCUT2D eigenvalue weighted by atomic mass is 10.1. The molecule has 2 aromatic rings. The molecule has 0 saturated heterocycles. The van der Waals surface area contributed by atoms with Crippen LogP contribution in [0.3, 0.4) is 0 Å². The van der Waals surface area contributed by atoms with Crippen molar-refractivity contribution in [3.8, 4) is 0 Å². The first kappa shape index (κ1) is 16.5. The van der Waals surface area contributed by atoms with Crippen molar-refractivity contribution in [3.05, 3.63) is 53.5 Å². The fourth-order valence-electron chi connectivity index (χ4n) is 1.73. The molecule has 1 heterocycles. The maximum Gasteiger partial charge on any atom is 0.327 e. The van der Waals surface area contributed by atoms with Crippen LogP contribution in [0.25, 0.3) is 0 Å². The molecule has 3 amide bonds. The van der Waals surface area contributed by atoms with Crippen LogP contribution in [0.1, 0.15) is 35.8 Å². The van der Waals surface area contributed by atoms with Gasteiger partial charge in [0.1, 0.15) is 17.2 Å². The molecule has 0 aliphatic carbocycles. The molecule has 0 fully saturated rings. The number of nitrogens with one attached hydrogen (secondary N) is 2. The van der Waals surface area contributed by atoms with E-state index < -0.39 is 29.1 Å². The lowest BCUT2D eigenvalue weighted by molar-refractivity contribution is 0.0959. The maximum absolute atomic E-state index is 13.4. The summed E-state index contributed by atoms with van der Waals surface area (Å²) in [5.74, 6) is -3.03. The highest BCUT2D eigenvalue weighted by Gasteiger charge is 2.19. The highest BCUT2D eigenvalue weighted by molar-refractivity contribution is 6.07. The fraction of sp³-hybridized carbons (Fsp3) is 0.200. The third-order valence-electron chi connectivity index (χ3n) is 2.92. The molecule has 0 unspecified atom stereocenters. The lowest BCUT2D eigenvalue weighted by Crippen LogP contribution is -2.35. The van der Waals surface area contributed by atoms with E-state index in [9.17, 15) is 18.4 Å². The largest absolute Gasteiger partial charge is 0.327 e. The van der Waals surface area contributed by atoms with Crippen LogP contribution in [-0.2, 0) is 0 Å². The van der Waals surface area contributed by atoms with Crippen molar-refractivity contribution in [2.75, 3.05) is 5.32 Å². The Hall–Kier alpha value is -2.90. The Labute approximate surface area is 131 Å². The van der Waals surface area contributed by atoms with Gasteiger partial charge in [0.25, 0.3) is 5.91 Å². The summed E-state index contributed by atoms with van der Waals surface area (Å²) in [5, 5.41) is 4.09. The van der Waals surface area contributed by atoms with Crippen molar-refractivity contribution in [1.82, 2.24) is 15.3 Å². The third kappa shape index (κ3) is 4.06. The van der Waals surface area contributed by atoms with Gasteiger partial charge in [0.2, 0.25) is 0 Å². The highest BCUT2D eigenvalue weighted by Crippen LogP contribution is 2.12. The number of halogens is 2. The third-order valence-corrected chi connectivity index (χ3v) is 2.92. The van der Waals surface area contributed by atoms with Crippen LogP contribution in [-0.4, -0.2) is 21.9 Å². The Morgan fingerprint density at radius 2 is 1.74 bits per heavy atom. The molecule has 23 heavy (non-hydrogen) atoms. The second-order valence-electron chi connectivity index (χ2n) is 4.99. The SMILES string of the molecule is CC(C)c1cnc(NC(=O)NC(=O)c2c(F)cccc2F)cn1. The summed E-state index contributed by atoms with van der Waals surface area (Å²) in [6.07, 6.45) is 2.81. The van der Waals surface area contributed by atoms with E-state index >= 15 is 0 Å². The van der Waals surface area contributed by atoms with E-state index in [1.807, 2.05) is 19.2 Å². The summed E-state index contributed by atoms with van der Waals surface area (Å²) in [4.78, 5) is 31.5. The normalized spacial score (nSPS) is 10.5. The molecule has 120 valence electrons. The van der Waals surface area contributed by atoms with Crippen LogP contribution in [0.2, 0.25) is 0 Å². The van der Waals surface area contributed by atoms with Gasteiger partial charge in [-0.25, -0.2) is 18.6 Å². The Morgan fingerprint density at radius 3 is 2.26 bits per heavy atom. The number of hydrogen-bond donors (Lipinski definition) is 2. The van der Waals surface area contributed by atoms with E-state index in [4.69, 9.17) is 0 Å². The smallest absolute Gasteiger partial charge is 0.291 e. The Balaban J connectivity index is 2.03. The molecule has 1 aromatic heterocycles. The van der Waals surface area contributed by atoms with Crippen molar-refractivity contribution in [1.29, 1.82) is 0 Å². The van der Waals surface area contributed by atoms with E-state index in [0.29, 0.717) is 0 Å². The topological polar surface area (TPSA) is 84.0 Å². The van der Waals surface area contributed by atoms with E-state index in [1.54, 1.807) is 0 Å². The van der Waals surface area contributed by atoms with Gasteiger partial charge in [-0.3, -0.25) is 20.4 Å². The van der Waals surface area contributed by atoms with Crippen molar-refractivity contribution in [3.63, 3.8) is 0 Å². The molecular weight excluding hydrogens is 306 g/mol. The number of hydrogen-bond acceptors (Lipinski definition) is 4. The summed E-state index contributed by atoms with van der Waals surface area (Å²) >= 11 is 0. The summed E-state index contributed by atoms with van der Waals surface area (Å²) in [5.41, 5.74) is -0.0932. The van der Waals surface area contributed by atoms with Crippen LogP contribution in [0.4, 0.5) is 19.4 Å².